The predicted molar refractivity (Wildman–Crippen MR) is 81.5 cm³/mol. The number of aromatic amines is 1. The Morgan fingerprint density at radius 2 is 2.00 bits per heavy atom. The molecule has 5 heteroatoms. The van der Waals surface area contributed by atoms with E-state index in [0.29, 0.717) is 11.8 Å². The molecule has 2 aromatic rings. The van der Waals surface area contributed by atoms with Crippen molar-refractivity contribution in [2.24, 2.45) is 0 Å². The summed E-state index contributed by atoms with van der Waals surface area (Å²) in [6.07, 6.45) is 3.54. The Morgan fingerprint density at radius 1 is 1.20 bits per heavy atom. The van der Waals surface area contributed by atoms with E-state index in [0.717, 1.165) is 24.3 Å². The number of thioether (sulfide) groups is 1. The lowest BCUT2D eigenvalue weighted by molar-refractivity contribution is 0.310. The molecule has 2 rings (SSSR count). The molecule has 0 spiro atoms. The molecule has 0 radical (unpaired) electrons. The summed E-state index contributed by atoms with van der Waals surface area (Å²) in [5.74, 6) is 1.84. The number of aromatic nitrogens is 2. The van der Waals surface area contributed by atoms with E-state index in [1.54, 1.807) is 11.8 Å². The van der Waals surface area contributed by atoms with Gasteiger partial charge in [0.2, 0.25) is 0 Å². The first kappa shape index (κ1) is 14.7. The van der Waals surface area contributed by atoms with Crippen LogP contribution in [0.15, 0.2) is 46.5 Å². The third kappa shape index (κ3) is 5.09. The maximum Gasteiger partial charge on any atom is 0.251 e. The fraction of sp³-hybridized carbons (Fsp3) is 0.333. The van der Waals surface area contributed by atoms with Crippen molar-refractivity contribution in [3.05, 3.63) is 52.4 Å². The van der Waals surface area contributed by atoms with Crippen LogP contribution in [0, 0.1) is 6.92 Å². The molecule has 1 aromatic heterocycles. The number of hydrogen-bond acceptors (Lipinski definition) is 4. The summed E-state index contributed by atoms with van der Waals surface area (Å²) in [7, 11) is 0. The maximum absolute atomic E-state index is 11.1. The van der Waals surface area contributed by atoms with Crippen LogP contribution in [0.3, 0.4) is 0 Å². The van der Waals surface area contributed by atoms with Crippen molar-refractivity contribution in [3.8, 4) is 5.75 Å². The smallest absolute Gasteiger partial charge is 0.251 e. The van der Waals surface area contributed by atoms with Gasteiger partial charge in [-0.3, -0.25) is 4.79 Å². The zero-order valence-corrected chi connectivity index (χ0v) is 12.3. The number of nitrogens with zero attached hydrogens (tertiary/aromatic N) is 1. The first-order valence-corrected chi connectivity index (χ1v) is 7.60. The molecule has 1 aromatic carbocycles. The van der Waals surface area contributed by atoms with E-state index in [9.17, 15) is 4.79 Å². The highest BCUT2D eigenvalue weighted by Gasteiger charge is 1.97. The minimum Gasteiger partial charge on any atom is -0.494 e. The molecule has 0 saturated heterocycles. The van der Waals surface area contributed by atoms with Crippen LogP contribution in [0.4, 0.5) is 0 Å². The topological polar surface area (TPSA) is 55.0 Å². The normalized spacial score (nSPS) is 10.4. The van der Waals surface area contributed by atoms with Crippen molar-refractivity contribution in [3.63, 3.8) is 0 Å². The highest BCUT2D eigenvalue weighted by Crippen LogP contribution is 2.14. The van der Waals surface area contributed by atoms with Crippen LogP contribution in [-0.2, 0) is 0 Å². The standard InChI is InChI=1S/C15H18N2O2S/c1-12-4-6-13(7-5-12)19-10-2-3-11-20-15-16-9-8-14(18)17-15/h4-9H,2-3,10-11H2,1H3,(H,16,17,18). The van der Waals surface area contributed by atoms with E-state index in [2.05, 4.69) is 16.9 Å². The first-order chi connectivity index (χ1) is 9.74. The molecule has 0 atom stereocenters. The second-order valence-corrected chi connectivity index (χ2v) is 5.54. The fourth-order valence-corrected chi connectivity index (χ4v) is 2.47. The average molecular weight is 290 g/mol. The Morgan fingerprint density at radius 3 is 2.75 bits per heavy atom. The summed E-state index contributed by atoms with van der Waals surface area (Å²) in [4.78, 5) is 17.9. The highest BCUT2D eigenvalue weighted by molar-refractivity contribution is 7.99. The predicted octanol–water partition coefficient (Wildman–Crippen LogP) is 3.03. The SMILES string of the molecule is Cc1ccc(OCCCCSc2nccc(=O)[nH]2)cc1. The van der Waals surface area contributed by atoms with E-state index in [1.165, 1.54) is 17.8 Å². The number of hydrogen-bond donors (Lipinski definition) is 1. The average Bonchev–Trinajstić information content (AvgIpc) is 2.45. The number of H-pyrrole nitrogens is 1. The zero-order chi connectivity index (χ0) is 14.2. The molecular formula is C15H18N2O2S. The number of nitrogens with one attached hydrogen (secondary N) is 1. The Balaban J connectivity index is 1.60. The molecular weight excluding hydrogens is 272 g/mol. The van der Waals surface area contributed by atoms with E-state index < -0.39 is 0 Å². The lowest BCUT2D eigenvalue weighted by Crippen LogP contribution is -2.05. The summed E-state index contributed by atoms with van der Waals surface area (Å²) >= 11 is 1.56. The van der Waals surface area contributed by atoms with Gasteiger partial charge < -0.3 is 9.72 Å². The molecule has 0 aliphatic rings. The van der Waals surface area contributed by atoms with Crippen molar-refractivity contribution in [1.82, 2.24) is 9.97 Å². The summed E-state index contributed by atoms with van der Waals surface area (Å²) in [5.41, 5.74) is 1.13. The molecule has 0 fully saturated rings. The molecule has 4 nitrogen and oxygen atoms in total. The summed E-state index contributed by atoms with van der Waals surface area (Å²) in [5, 5.41) is 0.678. The molecule has 1 heterocycles. The van der Waals surface area contributed by atoms with Gasteiger partial charge in [0.05, 0.1) is 6.61 Å². The summed E-state index contributed by atoms with van der Waals surface area (Å²) in [6.45, 7) is 2.77. The number of benzene rings is 1. The van der Waals surface area contributed by atoms with Gasteiger partial charge in [0, 0.05) is 18.0 Å². The van der Waals surface area contributed by atoms with Crippen LogP contribution < -0.4 is 10.3 Å². The quantitative estimate of drug-likeness (QED) is 0.484. The maximum atomic E-state index is 11.1. The molecule has 106 valence electrons. The highest BCUT2D eigenvalue weighted by atomic mass is 32.2. The molecule has 1 N–H and O–H groups in total. The van der Waals surface area contributed by atoms with Crippen molar-refractivity contribution in [2.75, 3.05) is 12.4 Å². The lowest BCUT2D eigenvalue weighted by Gasteiger charge is -2.06. The van der Waals surface area contributed by atoms with Crippen LogP contribution in [0.2, 0.25) is 0 Å². The van der Waals surface area contributed by atoms with Gasteiger partial charge in [-0.25, -0.2) is 4.98 Å². The Kier molecular flexibility index (Phi) is 5.68. The second-order valence-electron chi connectivity index (χ2n) is 4.46. The van der Waals surface area contributed by atoms with Gasteiger partial charge in [-0.05, 0) is 31.9 Å². The zero-order valence-electron chi connectivity index (χ0n) is 11.5. The molecule has 0 aliphatic heterocycles. The molecule has 0 bridgehead atoms. The van der Waals surface area contributed by atoms with Gasteiger partial charge >= 0.3 is 0 Å². The number of rotatable bonds is 7. The molecule has 0 aliphatic carbocycles. The van der Waals surface area contributed by atoms with Crippen LogP contribution >= 0.6 is 11.8 Å². The summed E-state index contributed by atoms with van der Waals surface area (Å²) in [6, 6.07) is 9.48. The van der Waals surface area contributed by atoms with E-state index in [1.807, 2.05) is 24.3 Å². The first-order valence-electron chi connectivity index (χ1n) is 6.61. The Hall–Kier alpha value is -1.75. The third-order valence-corrected chi connectivity index (χ3v) is 3.69. The Bertz CT molecular complexity index is 581. The Labute approximate surface area is 122 Å². The van der Waals surface area contributed by atoms with Crippen LogP contribution in [0.5, 0.6) is 5.75 Å². The van der Waals surface area contributed by atoms with Gasteiger partial charge in [-0.1, -0.05) is 29.5 Å². The van der Waals surface area contributed by atoms with Crippen molar-refractivity contribution < 1.29 is 4.74 Å². The summed E-state index contributed by atoms with van der Waals surface area (Å²) < 4.78 is 5.65. The molecule has 20 heavy (non-hydrogen) atoms. The van der Waals surface area contributed by atoms with Crippen molar-refractivity contribution in [1.29, 1.82) is 0 Å². The monoisotopic (exact) mass is 290 g/mol. The van der Waals surface area contributed by atoms with Crippen LogP contribution in [0.1, 0.15) is 18.4 Å². The minimum absolute atomic E-state index is 0.106. The fourth-order valence-electron chi connectivity index (χ4n) is 1.62. The molecule has 0 unspecified atom stereocenters. The van der Waals surface area contributed by atoms with Gasteiger partial charge in [0.25, 0.3) is 5.56 Å². The van der Waals surface area contributed by atoms with Crippen LogP contribution in [-0.4, -0.2) is 22.3 Å². The molecule has 0 saturated carbocycles. The van der Waals surface area contributed by atoms with Crippen LogP contribution in [0.25, 0.3) is 0 Å². The van der Waals surface area contributed by atoms with Gasteiger partial charge in [0.1, 0.15) is 5.75 Å². The molecule has 0 amide bonds. The second kappa shape index (κ2) is 7.75. The number of unbranched alkanes of at least 4 members (excludes halogenated alkanes) is 1. The van der Waals surface area contributed by atoms with Gasteiger partial charge in [0.15, 0.2) is 5.16 Å². The van der Waals surface area contributed by atoms with Crippen molar-refractivity contribution >= 4 is 11.8 Å². The van der Waals surface area contributed by atoms with E-state index in [4.69, 9.17) is 4.74 Å². The van der Waals surface area contributed by atoms with E-state index >= 15 is 0 Å². The largest absolute Gasteiger partial charge is 0.494 e. The minimum atomic E-state index is -0.106. The number of ether oxygens (including phenoxy) is 1. The third-order valence-electron chi connectivity index (χ3n) is 2.72. The van der Waals surface area contributed by atoms with Gasteiger partial charge in [-0.2, -0.15) is 0 Å². The number of aryl methyl sites for hydroxylation is 1. The van der Waals surface area contributed by atoms with E-state index in [-0.39, 0.29) is 5.56 Å². The van der Waals surface area contributed by atoms with Gasteiger partial charge in [-0.15, -0.1) is 0 Å². The van der Waals surface area contributed by atoms with Crippen molar-refractivity contribution in [2.45, 2.75) is 24.9 Å². The lowest BCUT2D eigenvalue weighted by atomic mass is 10.2.